The largest absolute Gasteiger partial charge is 0.379 e. The van der Waals surface area contributed by atoms with Gasteiger partial charge in [-0.1, -0.05) is 20.8 Å². The van der Waals surface area contributed by atoms with E-state index in [0.29, 0.717) is 6.04 Å². The number of aryl methyl sites for hydroxylation is 1. The first kappa shape index (κ1) is 15.9. The third kappa shape index (κ3) is 4.81. The van der Waals surface area contributed by atoms with Crippen LogP contribution in [0.25, 0.3) is 0 Å². The van der Waals surface area contributed by atoms with Crippen LogP contribution in [0.2, 0.25) is 0 Å². The fourth-order valence-electron chi connectivity index (χ4n) is 2.33. The first-order valence-electron chi connectivity index (χ1n) is 7.70. The van der Waals surface area contributed by atoms with E-state index >= 15 is 0 Å². The molecule has 0 aromatic carbocycles. The third-order valence-electron chi connectivity index (χ3n) is 3.57. The number of ether oxygens (including phenoxy) is 1. The van der Waals surface area contributed by atoms with Gasteiger partial charge in [0.2, 0.25) is 0 Å². The molecule has 0 spiro atoms. The Balaban J connectivity index is 1.87. The van der Waals surface area contributed by atoms with Crippen molar-refractivity contribution in [1.82, 2.24) is 15.2 Å². The monoisotopic (exact) mass is 297 g/mol. The van der Waals surface area contributed by atoms with E-state index in [1.807, 2.05) is 11.3 Å². The van der Waals surface area contributed by atoms with Crippen LogP contribution in [0.5, 0.6) is 0 Å². The van der Waals surface area contributed by atoms with E-state index in [0.717, 1.165) is 52.2 Å². The molecule has 5 heteroatoms. The highest BCUT2D eigenvalue weighted by molar-refractivity contribution is 7.11. The molecule has 1 aromatic rings. The van der Waals surface area contributed by atoms with Crippen LogP contribution in [0.1, 0.15) is 36.3 Å². The maximum absolute atomic E-state index is 5.38. The summed E-state index contributed by atoms with van der Waals surface area (Å²) in [6.45, 7) is 12.5. The predicted octanol–water partition coefficient (Wildman–Crippen LogP) is 2.08. The van der Waals surface area contributed by atoms with Gasteiger partial charge in [0.05, 0.1) is 23.9 Å². The van der Waals surface area contributed by atoms with Crippen molar-refractivity contribution in [3.63, 3.8) is 0 Å². The lowest BCUT2D eigenvalue weighted by Crippen LogP contribution is -2.37. The van der Waals surface area contributed by atoms with Crippen molar-refractivity contribution in [3.05, 3.63) is 15.6 Å². The van der Waals surface area contributed by atoms with E-state index in [-0.39, 0.29) is 0 Å². The number of hydrogen-bond acceptors (Lipinski definition) is 5. The molecule has 0 amide bonds. The zero-order chi connectivity index (χ0) is 14.4. The minimum Gasteiger partial charge on any atom is -0.379 e. The number of nitrogens with zero attached hydrogens (tertiary/aromatic N) is 2. The molecule has 2 rings (SSSR count). The van der Waals surface area contributed by atoms with Crippen molar-refractivity contribution in [2.45, 2.75) is 46.2 Å². The molecule has 4 nitrogen and oxygen atoms in total. The van der Waals surface area contributed by atoms with Gasteiger partial charge in [-0.05, 0) is 6.42 Å². The molecule has 114 valence electrons. The van der Waals surface area contributed by atoms with Gasteiger partial charge in [-0.3, -0.25) is 4.90 Å². The quantitative estimate of drug-likeness (QED) is 0.836. The summed E-state index contributed by atoms with van der Waals surface area (Å²) >= 11 is 1.88. The van der Waals surface area contributed by atoms with E-state index in [9.17, 15) is 0 Å². The van der Waals surface area contributed by atoms with Crippen LogP contribution < -0.4 is 5.32 Å². The molecule has 0 radical (unpaired) electrons. The number of aromatic nitrogens is 1. The molecule has 2 heterocycles. The van der Waals surface area contributed by atoms with Crippen LogP contribution >= 0.6 is 11.3 Å². The normalized spacial score (nSPS) is 17.0. The second-order valence-electron chi connectivity index (χ2n) is 5.57. The van der Waals surface area contributed by atoms with Gasteiger partial charge in [-0.25, -0.2) is 4.98 Å². The van der Waals surface area contributed by atoms with Gasteiger partial charge in [-0.2, -0.15) is 0 Å². The van der Waals surface area contributed by atoms with Crippen LogP contribution in [0.4, 0.5) is 0 Å². The molecule has 0 aliphatic carbocycles. The number of thiazole rings is 1. The lowest BCUT2D eigenvalue weighted by atomic mass is 10.3. The molecule has 1 aliphatic heterocycles. The first-order chi connectivity index (χ1) is 9.69. The SMILES string of the molecule is CCc1nc(CCN2CCOCC2)sc1CNC(C)C. The molecule has 20 heavy (non-hydrogen) atoms. The maximum Gasteiger partial charge on any atom is 0.0944 e. The average molecular weight is 297 g/mol. The summed E-state index contributed by atoms with van der Waals surface area (Å²) in [5, 5.41) is 4.78. The zero-order valence-corrected chi connectivity index (χ0v) is 13.8. The Labute approximate surface area is 126 Å². The lowest BCUT2D eigenvalue weighted by Gasteiger charge is -2.25. The fraction of sp³-hybridized carbons (Fsp3) is 0.800. The van der Waals surface area contributed by atoms with Crippen LogP contribution in [0.3, 0.4) is 0 Å². The number of hydrogen-bond donors (Lipinski definition) is 1. The van der Waals surface area contributed by atoms with E-state index in [2.05, 4.69) is 31.0 Å². The molecule has 1 aliphatic rings. The van der Waals surface area contributed by atoms with Gasteiger partial charge in [0.15, 0.2) is 0 Å². The Morgan fingerprint density at radius 2 is 2.10 bits per heavy atom. The van der Waals surface area contributed by atoms with Crippen LogP contribution in [-0.2, 0) is 24.1 Å². The Kier molecular flexibility index (Phi) is 6.42. The molecule has 0 saturated carbocycles. The summed E-state index contributed by atoms with van der Waals surface area (Å²) in [6, 6.07) is 0.526. The molecular weight excluding hydrogens is 270 g/mol. The number of nitrogens with one attached hydrogen (secondary N) is 1. The van der Waals surface area contributed by atoms with Crippen molar-refractivity contribution in [2.75, 3.05) is 32.8 Å². The highest BCUT2D eigenvalue weighted by Crippen LogP contribution is 2.20. The van der Waals surface area contributed by atoms with Crippen molar-refractivity contribution in [3.8, 4) is 0 Å². The van der Waals surface area contributed by atoms with Gasteiger partial charge < -0.3 is 10.1 Å². The Morgan fingerprint density at radius 3 is 2.75 bits per heavy atom. The molecule has 0 unspecified atom stereocenters. The van der Waals surface area contributed by atoms with E-state index < -0.39 is 0 Å². The summed E-state index contributed by atoms with van der Waals surface area (Å²) < 4.78 is 5.38. The molecule has 0 bridgehead atoms. The summed E-state index contributed by atoms with van der Waals surface area (Å²) in [7, 11) is 0. The van der Waals surface area contributed by atoms with Crippen molar-refractivity contribution < 1.29 is 4.74 Å². The van der Waals surface area contributed by atoms with Gasteiger partial charge in [0, 0.05) is 43.5 Å². The van der Waals surface area contributed by atoms with Crippen molar-refractivity contribution in [1.29, 1.82) is 0 Å². The van der Waals surface area contributed by atoms with Gasteiger partial charge >= 0.3 is 0 Å². The van der Waals surface area contributed by atoms with E-state index in [1.165, 1.54) is 15.6 Å². The van der Waals surface area contributed by atoms with Gasteiger partial charge in [-0.15, -0.1) is 11.3 Å². The van der Waals surface area contributed by atoms with E-state index in [4.69, 9.17) is 9.72 Å². The molecule has 1 saturated heterocycles. The molecule has 1 aromatic heterocycles. The average Bonchev–Trinajstić information content (AvgIpc) is 2.86. The first-order valence-corrected chi connectivity index (χ1v) is 8.51. The van der Waals surface area contributed by atoms with Gasteiger partial charge in [0.1, 0.15) is 0 Å². The minimum atomic E-state index is 0.526. The Bertz CT molecular complexity index is 400. The molecular formula is C15H27N3OS. The van der Waals surface area contributed by atoms with Crippen LogP contribution in [0.15, 0.2) is 0 Å². The van der Waals surface area contributed by atoms with Crippen molar-refractivity contribution >= 4 is 11.3 Å². The van der Waals surface area contributed by atoms with E-state index in [1.54, 1.807) is 0 Å². The summed E-state index contributed by atoms with van der Waals surface area (Å²) in [5.74, 6) is 0. The standard InChI is InChI=1S/C15H27N3OS/c1-4-13-14(11-16-12(2)3)20-15(17-13)5-6-18-7-9-19-10-8-18/h12,16H,4-11H2,1-3H3. The third-order valence-corrected chi connectivity index (χ3v) is 4.73. The Hall–Kier alpha value is -0.490. The minimum absolute atomic E-state index is 0.526. The summed E-state index contributed by atoms with van der Waals surface area (Å²) in [4.78, 5) is 8.70. The maximum atomic E-state index is 5.38. The van der Waals surface area contributed by atoms with Crippen LogP contribution in [0, 0.1) is 0 Å². The van der Waals surface area contributed by atoms with Crippen LogP contribution in [-0.4, -0.2) is 48.8 Å². The second kappa shape index (κ2) is 8.08. The topological polar surface area (TPSA) is 37.4 Å². The van der Waals surface area contributed by atoms with Crippen molar-refractivity contribution in [2.24, 2.45) is 0 Å². The number of morpholine rings is 1. The summed E-state index contributed by atoms with van der Waals surface area (Å²) in [5.41, 5.74) is 1.28. The molecule has 1 fully saturated rings. The highest BCUT2D eigenvalue weighted by atomic mass is 32.1. The second-order valence-corrected chi connectivity index (χ2v) is 6.74. The Morgan fingerprint density at radius 1 is 1.35 bits per heavy atom. The van der Waals surface area contributed by atoms with Gasteiger partial charge in [0.25, 0.3) is 0 Å². The zero-order valence-electron chi connectivity index (χ0n) is 12.9. The summed E-state index contributed by atoms with van der Waals surface area (Å²) in [6.07, 6.45) is 2.10. The molecule has 0 atom stereocenters. The smallest absolute Gasteiger partial charge is 0.0944 e. The lowest BCUT2D eigenvalue weighted by molar-refractivity contribution is 0.0384. The highest BCUT2D eigenvalue weighted by Gasteiger charge is 2.13. The number of rotatable bonds is 7. The molecule has 1 N–H and O–H groups in total. The predicted molar refractivity (Wildman–Crippen MR) is 84.4 cm³/mol. The fourth-order valence-corrected chi connectivity index (χ4v) is 3.43.